The molecule has 1 aliphatic heterocycles. The summed E-state index contributed by atoms with van der Waals surface area (Å²) in [7, 11) is 0. The van der Waals surface area contributed by atoms with Gasteiger partial charge in [0.15, 0.2) is 10.1 Å². The molecule has 0 spiro atoms. The van der Waals surface area contributed by atoms with Crippen molar-refractivity contribution in [3.8, 4) is 0 Å². The number of thiazole rings is 2. The van der Waals surface area contributed by atoms with Crippen LogP contribution in [-0.4, -0.2) is 46.6 Å². The van der Waals surface area contributed by atoms with Gasteiger partial charge >= 0.3 is 0 Å². The van der Waals surface area contributed by atoms with Gasteiger partial charge in [0, 0.05) is 29.9 Å². The van der Waals surface area contributed by atoms with Crippen LogP contribution in [0.5, 0.6) is 0 Å². The minimum atomic E-state index is -0.0937. The number of carbonyl (C=O) groups is 1. The van der Waals surface area contributed by atoms with E-state index >= 15 is 0 Å². The Bertz CT molecular complexity index is 952. The van der Waals surface area contributed by atoms with Gasteiger partial charge in [0.2, 0.25) is 0 Å². The van der Waals surface area contributed by atoms with Gasteiger partial charge in [-0.05, 0) is 20.8 Å². The van der Waals surface area contributed by atoms with E-state index in [1.807, 2.05) is 13.1 Å². The largest absolute Gasteiger partial charge is 0.378 e. The molecular formula is C17H21N5O2S2. The second kappa shape index (κ2) is 6.98. The number of nitrogens with zero attached hydrogens (tertiary/aromatic N) is 4. The van der Waals surface area contributed by atoms with Gasteiger partial charge in [-0.1, -0.05) is 11.3 Å². The van der Waals surface area contributed by atoms with Gasteiger partial charge in [-0.3, -0.25) is 9.20 Å². The highest BCUT2D eigenvalue weighted by Gasteiger charge is 2.20. The summed E-state index contributed by atoms with van der Waals surface area (Å²) in [6, 6.07) is 0. The SMILES string of the molecule is Cc1nc(N2CCOCC2)sc1C(=O)NCc1cn2c(C)c(C)sc2n1. The Kier molecular flexibility index (Phi) is 4.68. The molecule has 1 amide bonds. The van der Waals surface area contributed by atoms with Gasteiger partial charge in [-0.15, -0.1) is 11.3 Å². The molecule has 4 rings (SSSR count). The summed E-state index contributed by atoms with van der Waals surface area (Å²) in [4.78, 5) is 26.8. The fourth-order valence-electron chi connectivity index (χ4n) is 2.92. The van der Waals surface area contributed by atoms with Crippen molar-refractivity contribution in [2.75, 3.05) is 31.2 Å². The molecule has 3 aromatic rings. The fraction of sp³-hybridized carbons (Fsp3) is 0.471. The molecule has 0 saturated carbocycles. The van der Waals surface area contributed by atoms with Crippen LogP contribution in [0.3, 0.4) is 0 Å². The van der Waals surface area contributed by atoms with E-state index in [1.54, 1.807) is 11.3 Å². The second-order valence-electron chi connectivity index (χ2n) is 6.32. The maximum Gasteiger partial charge on any atom is 0.263 e. The molecule has 1 saturated heterocycles. The predicted octanol–water partition coefficient (Wildman–Crippen LogP) is 2.54. The van der Waals surface area contributed by atoms with Crippen LogP contribution < -0.4 is 10.2 Å². The molecule has 1 N–H and O–H groups in total. The number of aromatic nitrogens is 3. The molecule has 0 aromatic carbocycles. The van der Waals surface area contributed by atoms with Crippen LogP contribution in [0.4, 0.5) is 5.13 Å². The third-order valence-corrected chi connectivity index (χ3v) is 6.83. The van der Waals surface area contributed by atoms with Crippen LogP contribution in [0.25, 0.3) is 4.96 Å². The summed E-state index contributed by atoms with van der Waals surface area (Å²) >= 11 is 3.11. The second-order valence-corrected chi connectivity index (χ2v) is 8.48. The van der Waals surface area contributed by atoms with Crippen LogP contribution in [0, 0.1) is 20.8 Å². The Hall–Kier alpha value is -1.97. The lowest BCUT2D eigenvalue weighted by atomic mass is 10.3. The summed E-state index contributed by atoms with van der Waals surface area (Å²) in [6.07, 6.45) is 1.99. The molecule has 26 heavy (non-hydrogen) atoms. The summed E-state index contributed by atoms with van der Waals surface area (Å²) in [5.74, 6) is -0.0937. The fourth-order valence-corrected chi connectivity index (χ4v) is 4.93. The summed E-state index contributed by atoms with van der Waals surface area (Å²) in [6.45, 7) is 9.51. The van der Waals surface area contributed by atoms with Gasteiger partial charge in [-0.2, -0.15) is 0 Å². The van der Waals surface area contributed by atoms with Gasteiger partial charge in [-0.25, -0.2) is 9.97 Å². The minimum absolute atomic E-state index is 0.0937. The molecule has 0 unspecified atom stereocenters. The maximum absolute atomic E-state index is 12.6. The van der Waals surface area contributed by atoms with Crippen molar-refractivity contribution in [1.29, 1.82) is 0 Å². The van der Waals surface area contributed by atoms with Crippen LogP contribution in [-0.2, 0) is 11.3 Å². The molecule has 1 fully saturated rings. The Morgan fingerprint density at radius 2 is 2.00 bits per heavy atom. The van der Waals surface area contributed by atoms with Crippen LogP contribution in [0.15, 0.2) is 6.20 Å². The van der Waals surface area contributed by atoms with Crippen molar-refractivity contribution in [3.05, 3.63) is 33.0 Å². The van der Waals surface area contributed by atoms with E-state index in [1.165, 1.54) is 21.9 Å². The number of carbonyl (C=O) groups excluding carboxylic acids is 1. The Morgan fingerprint density at radius 3 is 2.73 bits per heavy atom. The smallest absolute Gasteiger partial charge is 0.263 e. The molecule has 9 heteroatoms. The molecule has 3 aromatic heterocycles. The normalized spacial score (nSPS) is 15.0. The number of amides is 1. The van der Waals surface area contributed by atoms with E-state index in [4.69, 9.17) is 4.74 Å². The third kappa shape index (κ3) is 3.22. The lowest BCUT2D eigenvalue weighted by molar-refractivity contribution is 0.0953. The quantitative estimate of drug-likeness (QED) is 0.740. The molecule has 138 valence electrons. The van der Waals surface area contributed by atoms with E-state index in [2.05, 4.69) is 38.4 Å². The number of aryl methyl sites for hydroxylation is 3. The minimum Gasteiger partial charge on any atom is -0.378 e. The summed E-state index contributed by atoms with van der Waals surface area (Å²) < 4.78 is 7.45. The number of morpholine rings is 1. The molecular weight excluding hydrogens is 370 g/mol. The lowest BCUT2D eigenvalue weighted by Gasteiger charge is -2.25. The first-order valence-corrected chi connectivity index (χ1v) is 10.2. The highest BCUT2D eigenvalue weighted by molar-refractivity contribution is 7.17. The lowest BCUT2D eigenvalue weighted by Crippen LogP contribution is -2.36. The average molecular weight is 392 g/mol. The van der Waals surface area contributed by atoms with Crippen molar-refractivity contribution < 1.29 is 9.53 Å². The molecule has 7 nitrogen and oxygen atoms in total. The number of imidazole rings is 1. The Morgan fingerprint density at radius 1 is 1.23 bits per heavy atom. The number of nitrogens with one attached hydrogen (secondary N) is 1. The zero-order valence-corrected chi connectivity index (χ0v) is 16.7. The van der Waals surface area contributed by atoms with E-state index in [-0.39, 0.29) is 5.91 Å². The van der Waals surface area contributed by atoms with Crippen molar-refractivity contribution >= 4 is 38.7 Å². The molecule has 1 aliphatic rings. The summed E-state index contributed by atoms with van der Waals surface area (Å²) in [5, 5.41) is 3.87. The van der Waals surface area contributed by atoms with Crippen LogP contribution in [0.1, 0.15) is 31.6 Å². The molecule has 0 atom stereocenters. The number of rotatable bonds is 4. The number of hydrogen-bond donors (Lipinski definition) is 1. The van der Waals surface area contributed by atoms with E-state index < -0.39 is 0 Å². The number of hydrogen-bond acceptors (Lipinski definition) is 7. The summed E-state index contributed by atoms with van der Waals surface area (Å²) in [5.41, 5.74) is 2.83. The van der Waals surface area contributed by atoms with E-state index in [0.29, 0.717) is 24.6 Å². The first-order valence-electron chi connectivity index (χ1n) is 8.55. The van der Waals surface area contributed by atoms with E-state index in [9.17, 15) is 4.79 Å². The first kappa shape index (κ1) is 17.4. The van der Waals surface area contributed by atoms with Crippen molar-refractivity contribution in [3.63, 3.8) is 0 Å². The topological polar surface area (TPSA) is 71.8 Å². The zero-order valence-electron chi connectivity index (χ0n) is 15.0. The molecule has 4 heterocycles. The highest BCUT2D eigenvalue weighted by Crippen LogP contribution is 2.27. The van der Waals surface area contributed by atoms with E-state index in [0.717, 1.165) is 34.6 Å². The average Bonchev–Trinajstić information content (AvgIpc) is 3.29. The van der Waals surface area contributed by atoms with Gasteiger partial charge in [0.05, 0.1) is 31.1 Å². The Balaban J connectivity index is 1.44. The van der Waals surface area contributed by atoms with Crippen LogP contribution in [0.2, 0.25) is 0 Å². The highest BCUT2D eigenvalue weighted by atomic mass is 32.1. The number of fused-ring (bicyclic) bond motifs is 1. The molecule has 0 bridgehead atoms. The van der Waals surface area contributed by atoms with Gasteiger partial charge in [0.25, 0.3) is 5.91 Å². The number of anilines is 1. The predicted molar refractivity (Wildman–Crippen MR) is 104 cm³/mol. The zero-order chi connectivity index (χ0) is 18.3. The van der Waals surface area contributed by atoms with Gasteiger partial charge < -0.3 is 15.0 Å². The first-order chi connectivity index (χ1) is 12.5. The molecule has 0 aliphatic carbocycles. The van der Waals surface area contributed by atoms with Gasteiger partial charge in [0.1, 0.15) is 4.88 Å². The van der Waals surface area contributed by atoms with Crippen molar-refractivity contribution in [2.24, 2.45) is 0 Å². The maximum atomic E-state index is 12.6. The standard InChI is InChI=1S/C17H21N5O2S2/c1-10-14(26-16(19-10)21-4-6-24-7-5-21)15(23)18-8-13-9-22-11(2)12(3)25-17(22)20-13/h9H,4-8H2,1-3H3,(H,18,23). The third-order valence-electron chi connectivity index (χ3n) is 4.54. The van der Waals surface area contributed by atoms with Crippen LogP contribution >= 0.6 is 22.7 Å². The molecule has 0 radical (unpaired) electrons. The Labute approximate surface area is 159 Å². The van der Waals surface area contributed by atoms with Crippen molar-refractivity contribution in [1.82, 2.24) is 19.7 Å². The monoisotopic (exact) mass is 391 g/mol. The number of ether oxygens (including phenoxy) is 1. The van der Waals surface area contributed by atoms with Crippen molar-refractivity contribution in [2.45, 2.75) is 27.3 Å².